The molecule has 4 aliphatic carbocycles. The summed E-state index contributed by atoms with van der Waals surface area (Å²) in [6.07, 6.45) is 9.69. The standard InChI is InChI=1S/C30H42ClN3O3/c1-4-37-18-30-14-13-28(2,36)16-19(30)5-7-21-22-8-9-24(29(22,3)12-11-23(21)30)27(35)17-34-26-10-6-20(31)15-25(26)32-33-34/h6,10,15,19,21-24,36H,4-5,7-9,11-14,16-18H2,1-3H3. The number of carbonyl (C=O) groups is 1. The molecule has 1 aromatic heterocycles. The van der Waals surface area contributed by atoms with Crippen molar-refractivity contribution in [1.82, 2.24) is 15.0 Å². The number of nitrogens with zero attached hydrogens (tertiary/aromatic N) is 3. The minimum absolute atomic E-state index is 0.0533. The van der Waals surface area contributed by atoms with Gasteiger partial charge in [0.25, 0.3) is 0 Å². The largest absolute Gasteiger partial charge is 0.390 e. The molecule has 8 unspecified atom stereocenters. The third kappa shape index (κ3) is 4.17. The first-order valence-corrected chi connectivity index (χ1v) is 14.9. The zero-order valence-corrected chi connectivity index (χ0v) is 23.3. The zero-order chi connectivity index (χ0) is 26.0. The molecule has 0 aliphatic heterocycles. The number of ketones is 1. The lowest BCUT2D eigenvalue weighted by atomic mass is 9.43. The average Bonchev–Trinajstić information content (AvgIpc) is 3.42. The van der Waals surface area contributed by atoms with E-state index in [1.54, 1.807) is 10.7 Å². The number of ether oxygens (including phenoxy) is 1. The summed E-state index contributed by atoms with van der Waals surface area (Å²) in [7, 11) is 0. The highest BCUT2D eigenvalue weighted by atomic mass is 35.5. The van der Waals surface area contributed by atoms with Crippen molar-refractivity contribution < 1.29 is 14.6 Å². The van der Waals surface area contributed by atoms with Crippen molar-refractivity contribution in [2.75, 3.05) is 13.2 Å². The Kier molecular flexibility index (Phi) is 6.48. The lowest BCUT2D eigenvalue weighted by Gasteiger charge is -2.62. The molecule has 7 heteroatoms. The fraction of sp³-hybridized carbons (Fsp3) is 0.767. The van der Waals surface area contributed by atoms with Crippen molar-refractivity contribution >= 4 is 28.4 Å². The predicted octanol–water partition coefficient (Wildman–Crippen LogP) is 6.08. The molecule has 4 fully saturated rings. The van der Waals surface area contributed by atoms with Gasteiger partial charge in [-0.3, -0.25) is 4.79 Å². The molecular formula is C30H42ClN3O3. The molecule has 6 rings (SSSR count). The number of hydrogen-bond acceptors (Lipinski definition) is 5. The Morgan fingerprint density at radius 2 is 1.97 bits per heavy atom. The minimum atomic E-state index is -0.544. The molecule has 0 amide bonds. The molecule has 0 spiro atoms. The van der Waals surface area contributed by atoms with Crippen LogP contribution >= 0.6 is 11.6 Å². The quantitative estimate of drug-likeness (QED) is 0.492. The molecule has 4 saturated carbocycles. The average molecular weight is 528 g/mol. The van der Waals surface area contributed by atoms with Gasteiger partial charge in [-0.2, -0.15) is 0 Å². The van der Waals surface area contributed by atoms with Gasteiger partial charge in [-0.15, -0.1) is 5.10 Å². The van der Waals surface area contributed by atoms with Crippen LogP contribution in [0.1, 0.15) is 78.6 Å². The first kappa shape index (κ1) is 25.8. The highest BCUT2D eigenvalue weighted by Gasteiger charge is 2.63. The summed E-state index contributed by atoms with van der Waals surface area (Å²) in [6.45, 7) is 8.41. The van der Waals surface area contributed by atoms with E-state index in [1.807, 2.05) is 19.1 Å². The Labute approximate surface area is 225 Å². The smallest absolute Gasteiger partial charge is 0.157 e. The number of hydrogen-bond donors (Lipinski definition) is 1. The maximum Gasteiger partial charge on any atom is 0.157 e. The van der Waals surface area contributed by atoms with E-state index in [9.17, 15) is 9.90 Å². The Bertz CT molecular complexity index is 1180. The maximum absolute atomic E-state index is 13.8. The summed E-state index contributed by atoms with van der Waals surface area (Å²) in [4.78, 5) is 13.8. The Morgan fingerprint density at radius 3 is 2.78 bits per heavy atom. The van der Waals surface area contributed by atoms with E-state index in [4.69, 9.17) is 16.3 Å². The van der Waals surface area contributed by atoms with Gasteiger partial charge in [0.15, 0.2) is 5.78 Å². The molecule has 0 bridgehead atoms. The van der Waals surface area contributed by atoms with E-state index in [1.165, 1.54) is 19.3 Å². The van der Waals surface area contributed by atoms with E-state index in [-0.39, 0.29) is 23.3 Å². The number of fused-ring (bicyclic) bond motifs is 6. The molecule has 6 nitrogen and oxygen atoms in total. The number of carbonyl (C=O) groups excluding carboxylic acids is 1. The summed E-state index contributed by atoms with van der Waals surface area (Å²) in [6, 6.07) is 5.55. The van der Waals surface area contributed by atoms with Gasteiger partial charge in [0.1, 0.15) is 12.1 Å². The van der Waals surface area contributed by atoms with E-state index in [0.717, 1.165) is 62.8 Å². The van der Waals surface area contributed by atoms with Crippen molar-refractivity contribution in [3.05, 3.63) is 23.2 Å². The fourth-order valence-electron chi connectivity index (χ4n) is 9.66. The normalized spacial score (nSPS) is 41.3. The van der Waals surface area contributed by atoms with Crippen LogP contribution in [0.25, 0.3) is 11.0 Å². The lowest BCUT2D eigenvalue weighted by molar-refractivity contribution is -0.178. The first-order valence-electron chi connectivity index (χ1n) is 14.5. The van der Waals surface area contributed by atoms with Gasteiger partial charge in [0, 0.05) is 17.5 Å². The molecule has 1 N–H and O–H groups in total. The lowest BCUT2D eigenvalue weighted by Crippen LogP contribution is -2.58. The molecule has 0 saturated heterocycles. The molecule has 2 aromatic rings. The van der Waals surface area contributed by atoms with Crippen molar-refractivity contribution in [2.24, 2.45) is 40.4 Å². The SMILES string of the molecule is CCOCC12CCC(C)(O)CC1CCC1C3CCC(C(=O)Cn4nnc5cc(Cl)ccc54)C3(C)CCC12. The van der Waals surface area contributed by atoms with Gasteiger partial charge in [-0.25, -0.2) is 4.68 Å². The van der Waals surface area contributed by atoms with Crippen LogP contribution in [-0.4, -0.2) is 44.7 Å². The second kappa shape index (κ2) is 9.31. The van der Waals surface area contributed by atoms with Crippen LogP contribution in [0.2, 0.25) is 5.02 Å². The van der Waals surface area contributed by atoms with Crippen molar-refractivity contribution in [2.45, 2.75) is 90.7 Å². The maximum atomic E-state index is 13.8. The number of benzene rings is 1. The molecule has 0 radical (unpaired) electrons. The molecule has 202 valence electrons. The van der Waals surface area contributed by atoms with E-state index in [2.05, 4.69) is 24.2 Å². The molecule has 4 aliphatic rings. The van der Waals surface area contributed by atoms with Gasteiger partial charge >= 0.3 is 0 Å². The third-order valence-corrected chi connectivity index (χ3v) is 11.6. The Morgan fingerprint density at radius 1 is 1.14 bits per heavy atom. The zero-order valence-electron chi connectivity index (χ0n) is 22.6. The van der Waals surface area contributed by atoms with Crippen LogP contribution in [0.4, 0.5) is 0 Å². The molecule has 8 atom stereocenters. The van der Waals surface area contributed by atoms with Crippen LogP contribution in [0.15, 0.2) is 18.2 Å². The van der Waals surface area contributed by atoms with Crippen molar-refractivity contribution in [1.29, 1.82) is 0 Å². The van der Waals surface area contributed by atoms with Gasteiger partial charge in [-0.05, 0) is 124 Å². The highest BCUT2D eigenvalue weighted by molar-refractivity contribution is 6.31. The number of halogens is 1. The van der Waals surface area contributed by atoms with Crippen LogP contribution in [0, 0.1) is 40.4 Å². The van der Waals surface area contributed by atoms with Gasteiger partial charge in [-0.1, -0.05) is 23.7 Å². The highest BCUT2D eigenvalue weighted by Crippen LogP contribution is 2.68. The summed E-state index contributed by atoms with van der Waals surface area (Å²) < 4.78 is 7.94. The van der Waals surface area contributed by atoms with Crippen molar-refractivity contribution in [3.63, 3.8) is 0 Å². The van der Waals surface area contributed by atoms with Crippen LogP contribution in [0.5, 0.6) is 0 Å². The second-order valence-corrected chi connectivity index (χ2v) is 13.7. The summed E-state index contributed by atoms with van der Waals surface area (Å²) in [5, 5.41) is 20.1. The first-order chi connectivity index (χ1) is 17.7. The topological polar surface area (TPSA) is 77.2 Å². The van der Waals surface area contributed by atoms with Crippen LogP contribution in [0.3, 0.4) is 0 Å². The summed E-state index contributed by atoms with van der Waals surface area (Å²) >= 11 is 6.12. The van der Waals surface area contributed by atoms with Gasteiger partial charge in [0.2, 0.25) is 0 Å². The number of rotatable bonds is 6. The summed E-state index contributed by atoms with van der Waals surface area (Å²) in [5.74, 6) is 2.82. The fourth-order valence-corrected chi connectivity index (χ4v) is 9.82. The van der Waals surface area contributed by atoms with Gasteiger partial charge in [0.05, 0.1) is 17.7 Å². The molecule has 1 heterocycles. The molecule has 37 heavy (non-hydrogen) atoms. The minimum Gasteiger partial charge on any atom is -0.390 e. The van der Waals surface area contributed by atoms with Crippen LogP contribution < -0.4 is 0 Å². The van der Waals surface area contributed by atoms with E-state index < -0.39 is 5.60 Å². The number of aliphatic hydroxyl groups is 1. The second-order valence-electron chi connectivity index (χ2n) is 13.2. The van der Waals surface area contributed by atoms with E-state index in [0.29, 0.717) is 34.5 Å². The van der Waals surface area contributed by atoms with Gasteiger partial charge < -0.3 is 9.84 Å². The van der Waals surface area contributed by atoms with Crippen LogP contribution in [-0.2, 0) is 16.1 Å². The third-order valence-electron chi connectivity index (χ3n) is 11.4. The Hall–Kier alpha value is -1.50. The van der Waals surface area contributed by atoms with E-state index >= 15 is 0 Å². The van der Waals surface area contributed by atoms with Crippen molar-refractivity contribution in [3.8, 4) is 0 Å². The molecule has 1 aromatic carbocycles. The molecular weight excluding hydrogens is 486 g/mol. The summed E-state index contributed by atoms with van der Waals surface area (Å²) in [5.41, 5.74) is 1.30. The number of aromatic nitrogens is 3. The number of Topliss-reactive ketones (excluding diaryl/α,β-unsaturated/α-hetero) is 1. The monoisotopic (exact) mass is 527 g/mol. The Balaban J connectivity index is 1.23. The predicted molar refractivity (Wildman–Crippen MR) is 144 cm³/mol.